The van der Waals surface area contributed by atoms with E-state index in [0.717, 1.165) is 39.1 Å². The highest BCUT2D eigenvalue weighted by molar-refractivity contribution is 5.91. The molecule has 0 aliphatic heterocycles. The van der Waals surface area contributed by atoms with Crippen molar-refractivity contribution in [3.05, 3.63) is 97.5 Å². The van der Waals surface area contributed by atoms with Crippen LogP contribution >= 0.6 is 0 Å². The third-order valence-corrected chi connectivity index (χ3v) is 4.88. The molecule has 2 aromatic carbocycles. The van der Waals surface area contributed by atoms with E-state index in [0.29, 0.717) is 6.54 Å². The van der Waals surface area contributed by atoms with Gasteiger partial charge in [0.15, 0.2) is 0 Å². The Bertz CT molecular complexity index is 1270. The van der Waals surface area contributed by atoms with E-state index < -0.39 is 0 Å². The fraction of sp³-hybridized carbons (Fsp3) is 0.0417. The fourth-order valence-electron chi connectivity index (χ4n) is 3.33. The molecule has 3 heterocycles. The minimum Gasteiger partial charge on any atom is -0.365 e. The van der Waals surface area contributed by atoms with Crippen LogP contribution in [0.1, 0.15) is 5.56 Å². The molecule has 0 bridgehead atoms. The monoisotopic (exact) mass is 390 g/mol. The Morgan fingerprint density at radius 3 is 2.33 bits per heavy atom. The van der Waals surface area contributed by atoms with E-state index in [1.807, 2.05) is 36.5 Å². The standard InChI is InChI=1S/C24H18N6/c1-2-4-18(5-3-1)19-7-8-21-23(10-19)29-16-30-24(21)28-12-17-6-9-22(27-11-17)20-13-25-15-26-14-20/h1-11,13-16H,12H2,(H,28,29,30). The van der Waals surface area contributed by atoms with Crippen molar-refractivity contribution in [2.75, 3.05) is 5.32 Å². The van der Waals surface area contributed by atoms with Crippen molar-refractivity contribution in [1.82, 2.24) is 24.9 Å². The zero-order chi connectivity index (χ0) is 20.2. The predicted molar refractivity (Wildman–Crippen MR) is 118 cm³/mol. The number of rotatable bonds is 5. The molecule has 0 aliphatic carbocycles. The van der Waals surface area contributed by atoms with Crippen LogP contribution in [0.5, 0.6) is 0 Å². The van der Waals surface area contributed by atoms with Crippen LogP contribution in [0.2, 0.25) is 0 Å². The molecule has 6 nitrogen and oxygen atoms in total. The number of anilines is 1. The highest BCUT2D eigenvalue weighted by Crippen LogP contribution is 2.26. The zero-order valence-corrected chi connectivity index (χ0v) is 16.1. The van der Waals surface area contributed by atoms with Gasteiger partial charge in [-0.3, -0.25) is 4.98 Å². The van der Waals surface area contributed by atoms with E-state index in [-0.39, 0.29) is 0 Å². The summed E-state index contributed by atoms with van der Waals surface area (Å²) in [5, 5.41) is 4.40. The first-order valence-electron chi connectivity index (χ1n) is 9.61. The van der Waals surface area contributed by atoms with Gasteiger partial charge in [0.2, 0.25) is 0 Å². The molecule has 1 N–H and O–H groups in total. The maximum atomic E-state index is 4.52. The lowest BCUT2D eigenvalue weighted by atomic mass is 10.0. The van der Waals surface area contributed by atoms with E-state index in [4.69, 9.17) is 0 Å². The van der Waals surface area contributed by atoms with E-state index >= 15 is 0 Å². The largest absolute Gasteiger partial charge is 0.365 e. The highest BCUT2D eigenvalue weighted by Gasteiger charge is 2.06. The third-order valence-electron chi connectivity index (χ3n) is 4.88. The second-order valence-electron chi connectivity index (χ2n) is 6.85. The summed E-state index contributed by atoms with van der Waals surface area (Å²) >= 11 is 0. The van der Waals surface area contributed by atoms with Crippen molar-refractivity contribution in [3.8, 4) is 22.4 Å². The average Bonchev–Trinajstić information content (AvgIpc) is 2.84. The van der Waals surface area contributed by atoms with Gasteiger partial charge in [0.25, 0.3) is 0 Å². The number of nitrogens with zero attached hydrogens (tertiary/aromatic N) is 5. The van der Waals surface area contributed by atoms with Crippen LogP contribution in [0.3, 0.4) is 0 Å². The molecular weight excluding hydrogens is 372 g/mol. The predicted octanol–water partition coefficient (Wildman–Crippen LogP) is 4.76. The van der Waals surface area contributed by atoms with Crippen molar-refractivity contribution in [2.24, 2.45) is 0 Å². The number of fused-ring (bicyclic) bond motifs is 1. The molecule has 0 unspecified atom stereocenters. The number of hydrogen-bond acceptors (Lipinski definition) is 6. The lowest BCUT2D eigenvalue weighted by molar-refractivity contribution is 1.08. The Balaban J connectivity index is 1.35. The third kappa shape index (κ3) is 3.71. The van der Waals surface area contributed by atoms with Gasteiger partial charge >= 0.3 is 0 Å². The van der Waals surface area contributed by atoms with Crippen molar-refractivity contribution in [2.45, 2.75) is 6.54 Å². The van der Waals surface area contributed by atoms with Gasteiger partial charge in [-0.2, -0.15) is 0 Å². The van der Waals surface area contributed by atoms with Gasteiger partial charge in [0.05, 0.1) is 11.2 Å². The zero-order valence-electron chi connectivity index (χ0n) is 16.1. The van der Waals surface area contributed by atoms with Crippen LogP contribution in [0.4, 0.5) is 5.82 Å². The molecule has 0 aliphatic rings. The van der Waals surface area contributed by atoms with Crippen LogP contribution in [-0.4, -0.2) is 24.9 Å². The summed E-state index contributed by atoms with van der Waals surface area (Å²) in [7, 11) is 0. The molecule has 30 heavy (non-hydrogen) atoms. The summed E-state index contributed by atoms with van der Waals surface area (Å²) in [6, 6.07) is 20.6. The molecule has 0 saturated carbocycles. The van der Waals surface area contributed by atoms with E-state index in [2.05, 4.69) is 60.6 Å². The first-order valence-corrected chi connectivity index (χ1v) is 9.61. The van der Waals surface area contributed by atoms with Gasteiger partial charge in [0.1, 0.15) is 18.5 Å². The van der Waals surface area contributed by atoms with Crippen LogP contribution in [0.15, 0.2) is 91.9 Å². The summed E-state index contributed by atoms with van der Waals surface area (Å²) in [4.78, 5) is 21.5. The van der Waals surface area contributed by atoms with E-state index in [1.54, 1.807) is 18.7 Å². The molecular formula is C24H18N6. The van der Waals surface area contributed by atoms with Crippen LogP contribution < -0.4 is 5.32 Å². The summed E-state index contributed by atoms with van der Waals surface area (Å²) in [6.07, 6.45) is 8.47. The summed E-state index contributed by atoms with van der Waals surface area (Å²) < 4.78 is 0. The van der Waals surface area contributed by atoms with Crippen LogP contribution in [0, 0.1) is 0 Å². The van der Waals surface area contributed by atoms with E-state index in [9.17, 15) is 0 Å². The summed E-state index contributed by atoms with van der Waals surface area (Å²) in [5.74, 6) is 0.806. The second-order valence-corrected chi connectivity index (χ2v) is 6.85. The van der Waals surface area contributed by atoms with E-state index in [1.165, 1.54) is 11.9 Å². The van der Waals surface area contributed by atoms with Crippen molar-refractivity contribution in [1.29, 1.82) is 0 Å². The van der Waals surface area contributed by atoms with Gasteiger partial charge in [0, 0.05) is 36.1 Å². The van der Waals surface area contributed by atoms with Gasteiger partial charge < -0.3 is 5.32 Å². The second kappa shape index (κ2) is 8.05. The smallest absolute Gasteiger partial charge is 0.137 e. The molecule has 144 valence electrons. The SMILES string of the molecule is c1ccc(-c2ccc3c(NCc4ccc(-c5cncnc5)nc4)ncnc3c2)cc1. The molecule has 0 spiro atoms. The first kappa shape index (κ1) is 17.9. The van der Waals surface area contributed by atoms with Gasteiger partial charge in [-0.1, -0.05) is 42.5 Å². The Kier molecular flexibility index (Phi) is 4.79. The van der Waals surface area contributed by atoms with Gasteiger partial charge in [-0.15, -0.1) is 0 Å². The quantitative estimate of drug-likeness (QED) is 0.466. The lowest BCUT2D eigenvalue weighted by Crippen LogP contribution is -2.03. The molecule has 5 aromatic rings. The Labute approximate surface area is 173 Å². The number of hydrogen-bond donors (Lipinski definition) is 1. The van der Waals surface area contributed by atoms with Crippen molar-refractivity contribution in [3.63, 3.8) is 0 Å². The number of aromatic nitrogens is 5. The molecule has 0 radical (unpaired) electrons. The summed E-state index contributed by atoms with van der Waals surface area (Å²) in [5.41, 5.74) is 6.02. The minimum atomic E-state index is 0.616. The Morgan fingerprint density at radius 1 is 0.667 bits per heavy atom. The molecule has 0 saturated heterocycles. The maximum absolute atomic E-state index is 4.52. The van der Waals surface area contributed by atoms with Crippen molar-refractivity contribution >= 4 is 16.7 Å². The number of pyridine rings is 1. The minimum absolute atomic E-state index is 0.616. The fourth-order valence-corrected chi connectivity index (χ4v) is 3.33. The molecule has 6 heteroatoms. The topological polar surface area (TPSA) is 76.5 Å². The highest BCUT2D eigenvalue weighted by atomic mass is 15.0. The van der Waals surface area contributed by atoms with Gasteiger partial charge in [-0.05, 0) is 34.9 Å². The van der Waals surface area contributed by atoms with Crippen LogP contribution in [0.25, 0.3) is 33.3 Å². The molecule has 0 amide bonds. The number of benzene rings is 2. The first-order chi connectivity index (χ1) is 14.9. The molecule has 0 atom stereocenters. The van der Waals surface area contributed by atoms with Crippen molar-refractivity contribution < 1.29 is 0 Å². The molecule has 5 rings (SSSR count). The summed E-state index contributed by atoms with van der Waals surface area (Å²) in [6.45, 7) is 0.616. The molecule has 3 aromatic heterocycles. The molecule has 0 fully saturated rings. The maximum Gasteiger partial charge on any atom is 0.137 e. The Hall–Kier alpha value is -4.19. The Morgan fingerprint density at radius 2 is 1.53 bits per heavy atom. The average molecular weight is 390 g/mol. The van der Waals surface area contributed by atoms with Crippen LogP contribution in [-0.2, 0) is 6.54 Å². The normalized spacial score (nSPS) is 10.8. The number of nitrogens with one attached hydrogen (secondary N) is 1. The lowest BCUT2D eigenvalue weighted by Gasteiger charge is -2.10. The van der Waals surface area contributed by atoms with Gasteiger partial charge in [-0.25, -0.2) is 19.9 Å².